The largest absolute Gasteiger partial charge is 0.366 e. The number of amides is 1. The SMILES string of the molecule is Cc1ccncc1C(=O)N1C[C@@H](c2ccccc2)O[C@@H](C(C)C)C1. The van der Waals surface area contributed by atoms with Crippen LogP contribution < -0.4 is 0 Å². The quantitative estimate of drug-likeness (QED) is 0.866. The average molecular weight is 324 g/mol. The molecule has 1 aromatic heterocycles. The first-order chi connectivity index (χ1) is 11.6. The highest BCUT2D eigenvalue weighted by Gasteiger charge is 2.33. The molecule has 2 heterocycles. The first kappa shape index (κ1) is 16.7. The lowest BCUT2D eigenvalue weighted by atomic mass is 10.00. The molecule has 1 aromatic carbocycles. The van der Waals surface area contributed by atoms with Gasteiger partial charge in [0.1, 0.15) is 6.10 Å². The minimum Gasteiger partial charge on any atom is -0.366 e. The third-order valence-electron chi connectivity index (χ3n) is 4.60. The lowest BCUT2D eigenvalue weighted by molar-refractivity contribution is -0.0954. The van der Waals surface area contributed by atoms with Gasteiger partial charge < -0.3 is 9.64 Å². The van der Waals surface area contributed by atoms with Crippen molar-refractivity contribution in [2.75, 3.05) is 13.1 Å². The lowest BCUT2D eigenvalue weighted by Crippen LogP contribution is -2.48. The van der Waals surface area contributed by atoms with Crippen LogP contribution in [0.5, 0.6) is 0 Å². The molecule has 3 rings (SSSR count). The van der Waals surface area contributed by atoms with E-state index in [0.29, 0.717) is 24.6 Å². The molecule has 0 saturated carbocycles. The van der Waals surface area contributed by atoms with Crippen molar-refractivity contribution in [1.82, 2.24) is 9.88 Å². The molecular weight excluding hydrogens is 300 g/mol. The maximum Gasteiger partial charge on any atom is 0.255 e. The standard InChI is InChI=1S/C20H24N2O2/c1-14(2)18-12-22(20(23)17-11-21-10-9-15(17)3)13-19(24-18)16-7-5-4-6-8-16/h4-11,14,18-19H,12-13H2,1-3H3/t18-,19+/m1/s1. The first-order valence-corrected chi connectivity index (χ1v) is 8.46. The summed E-state index contributed by atoms with van der Waals surface area (Å²) in [6.45, 7) is 7.41. The fourth-order valence-corrected chi connectivity index (χ4v) is 3.03. The van der Waals surface area contributed by atoms with E-state index >= 15 is 0 Å². The zero-order valence-corrected chi connectivity index (χ0v) is 14.5. The summed E-state index contributed by atoms with van der Waals surface area (Å²) in [7, 11) is 0. The molecule has 0 bridgehead atoms. The number of nitrogens with zero attached hydrogens (tertiary/aromatic N) is 2. The average Bonchev–Trinajstić information content (AvgIpc) is 2.62. The van der Waals surface area contributed by atoms with Crippen LogP contribution in [-0.4, -0.2) is 35.0 Å². The second-order valence-corrected chi connectivity index (χ2v) is 6.72. The van der Waals surface area contributed by atoms with E-state index in [1.165, 1.54) is 0 Å². The summed E-state index contributed by atoms with van der Waals surface area (Å²) in [5.74, 6) is 0.386. The summed E-state index contributed by atoms with van der Waals surface area (Å²) >= 11 is 0. The Labute approximate surface area is 143 Å². The normalized spacial score (nSPS) is 21.1. The number of benzene rings is 1. The van der Waals surface area contributed by atoms with E-state index < -0.39 is 0 Å². The molecule has 0 N–H and O–H groups in total. The minimum atomic E-state index is -0.0896. The smallest absolute Gasteiger partial charge is 0.255 e. The molecular formula is C20H24N2O2. The van der Waals surface area contributed by atoms with Gasteiger partial charge >= 0.3 is 0 Å². The maximum atomic E-state index is 13.0. The molecule has 0 spiro atoms. The molecule has 1 amide bonds. The number of ether oxygens (including phenoxy) is 1. The topological polar surface area (TPSA) is 42.4 Å². The number of aromatic nitrogens is 1. The number of rotatable bonds is 3. The molecule has 0 unspecified atom stereocenters. The summed E-state index contributed by atoms with van der Waals surface area (Å²) in [5, 5.41) is 0. The van der Waals surface area contributed by atoms with Gasteiger partial charge in [0.15, 0.2) is 0 Å². The van der Waals surface area contributed by atoms with Crippen molar-refractivity contribution in [3.05, 3.63) is 65.5 Å². The van der Waals surface area contributed by atoms with E-state index in [0.717, 1.165) is 11.1 Å². The molecule has 0 radical (unpaired) electrons. The van der Waals surface area contributed by atoms with Crippen molar-refractivity contribution in [1.29, 1.82) is 0 Å². The van der Waals surface area contributed by atoms with Gasteiger partial charge in [0, 0.05) is 18.9 Å². The molecule has 2 aromatic rings. The molecule has 2 atom stereocenters. The van der Waals surface area contributed by atoms with Gasteiger partial charge in [-0.1, -0.05) is 44.2 Å². The Morgan fingerprint density at radius 2 is 1.96 bits per heavy atom. The van der Waals surface area contributed by atoms with Crippen LogP contribution >= 0.6 is 0 Å². The van der Waals surface area contributed by atoms with Crippen LogP contribution in [0.4, 0.5) is 0 Å². The van der Waals surface area contributed by atoms with Crippen LogP contribution in [0.1, 0.15) is 41.4 Å². The van der Waals surface area contributed by atoms with Crippen LogP contribution in [0.3, 0.4) is 0 Å². The van der Waals surface area contributed by atoms with Crippen molar-refractivity contribution in [2.45, 2.75) is 33.0 Å². The van der Waals surface area contributed by atoms with E-state index in [-0.39, 0.29) is 18.1 Å². The van der Waals surface area contributed by atoms with Gasteiger partial charge in [0.2, 0.25) is 0 Å². The molecule has 1 aliphatic rings. The zero-order chi connectivity index (χ0) is 17.1. The van der Waals surface area contributed by atoms with Gasteiger partial charge in [-0.05, 0) is 30.0 Å². The van der Waals surface area contributed by atoms with Gasteiger partial charge in [-0.15, -0.1) is 0 Å². The number of morpholine rings is 1. The number of hydrogen-bond acceptors (Lipinski definition) is 3. The van der Waals surface area contributed by atoms with E-state index in [2.05, 4.69) is 31.0 Å². The van der Waals surface area contributed by atoms with E-state index in [4.69, 9.17) is 4.74 Å². The van der Waals surface area contributed by atoms with E-state index in [1.807, 2.05) is 36.1 Å². The molecule has 1 saturated heterocycles. The van der Waals surface area contributed by atoms with Crippen molar-refractivity contribution in [3.63, 3.8) is 0 Å². The summed E-state index contributed by atoms with van der Waals surface area (Å²) in [6, 6.07) is 12.0. The predicted octanol–water partition coefficient (Wildman–Crippen LogP) is 3.63. The molecule has 1 aliphatic heterocycles. The van der Waals surface area contributed by atoms with Crippen LogP contribution in [0.15, 0.2) is 48.8 Å². The fourth-order valence-electron chi connectivity index (χ4n) is 3.03. The zero-order valence-electron chi connectivity index (χ0n) is 14.5. The van der Waals surface area contributed by atoms with Gasteiger partial charge in [0.25, 0.3) is 5.91 Å². The summed E-state index contributed by atoms with van der Waals surface area (Å²) in [5.41, 5.74) is 2.75. The van der Waals surface area contributed by atoms with Crippen molar-refractivity contribution in [2.24, 2.45) is 5.92 Å². The number of hydrogen-bond donors (Lipinski definition) is 0. The lowest BCUT2D eigenvalue weighted by Gasteiger charge is -2.40. The monoisotopic (exact) mass is 324 g/mol. The van der Waals surface area contributed by atoms with Gasteiger partial charge in [-0.2, -0.15) is 0 Å². The fraction of sp³-hybridized carbons (Fsp3) is 0.400. The molecule has 1 fully saturated rings. The third-order valence-corrected chi connectivity index (χ3v) is 4.60. The van der Waals surface area contributed by atoms with Gasteiger partial charge in [-0.3, -0.25) is 9.78 Å². The predicted molar refractivity (Wildman–Crippen MR) is 93.8 cm³/mol. The number of carbonyl (C=O) groups is 1. The van der Waals surface area contributed by atoms with Gasteiger partial charge in [-0.25, -0.2) is 0 Å². The van der Waals surface area contributed by atoms with Gasteiger partial charge in [0.05, 0.1) is 18.2 Å². The number of pyridine rings is 1. The maximum absolute atomic E-state index is 13.0. The van der Waals surface area contributed by atoms with Crippen LogP contribution in [0, 0.1) is 12.8 Å². The Morgan fingerprint density at radius 1 is 1.21 bits per heavy atom. The summed E-state index contributed by atoms with van der Waals surface area (Å²) < 4.78 is 6.27. The van der Waals surface area contributed by atoms with Crippen molar-refractivity contribution < 1.29 is 9.53 Å². The Balaban J connectivity index is 1.87. The van der Waals surface area contributed by atoms with Crippen molar-refractivity contribution in [3.8, 4) is 0 Å². The molecule has 0 aliphatic carbocycles. The van der Waals surface area contributed by atoms with E-state index in [1.54, 1.807) is 12.4 Å². The van der Waals surface area contributed by atoms with Crippen LogP contribution in [0.2, 0.25) is 0 Å². The Bertz CT molecular complexity index is 700. The minimum absolute atomic E-state index is 0.0323. The summed E-state index contributed by atoms with van der Waals surface area (Å²) in [6.07, 6.45) is 3.32. The Morgan fingerprint density at radius 3 is 2.62 bits per heavy atom. The molecule has 4 nitrogen and oxygen atoms in total. The second-order valence-electron chi connectivity index (χ2n) is 6.72. The number of carbonyl (C=O) groups excluding carboxylic acids is 1. The second kappa shape index (κ2) is 7.14. The summed E-state index contributed by atoms with van der Waals surface area (Å²) in [4.78, 5) is 19.0. The van der Waals surface area contributed by atoms with Crippen LogP contribution in [0.25, 0.3) is 0 Å². The third kappa shape index (κ3) is 3.49. The molecule has 126 valence electrons. The molecule has 4 heteroatoms. The Kier molecular flexibility index (Phi) is 4.95. The van der Waals surface area contributed by atoms with Crippen LogP contribution in [-0.2, 0) is 4.74 Å². The van der Waals surface area contributed by atoms with E-state index in [9.17, 15) is 4.79 Å². The molecule has 24 heavy (non-hydrogen) atoms. The van der Waals surface area contributed by atoms with Crippen molar-refractivity contribution >= 4 is 5.91 Å². The Hall–Kier alpha value is -2.20. The highest BCUT2D eigenvalue weighted by Crippen LogP contribution is 2.29. The number of aryl methyl sites for hydroxylation is 1. The first-order valence-electron chi connectivity index (χ1n) is 8.46. The highest BCUT2D eigenvalue weighted by atomic mass is 16.5. The highest BCUT2D eigenvalue weighted by molar-refractivity contribution is 5.95.